The summed E-state index contributed by atoms with van der Waals surface area (Å²) in [5.74, 6) is 0.0151. The van der Waals surface area contributed by atoms with Crippen molar-refractivity contribution < 1.29 is 4.42 Å². The van der Waals surface area contributed by atoms with Crippen molar-refractivity contribution in [2.45, 2.75) is 5.92 Å². The largest absolute Gasteiger partial charge is 0.456 e. The molecule has 11 rings (SSSR count). The van der Waals surface area contributed by atoms with Crippen LogP contribution in [0.5, 0.6) is 0 Å². The van der Waals surface area contributed by atoms with Crippen LogP contribution in [0.25, 0.3) is 88.3 Å². The van der Waals surface area contributed by atoms with Gasteiger partial charge >= 0.3 is 0 Å². The fourth-order valence-electron chi connectivity index (χ4n) is 9.02. The monoisotopic (exact) mass is 764 g/mol. The van der Waals surface area contributed by atoms with Crippen molar-refractivity contribution in [3.63, 3.8) is 0 Å². The summed E-state index contributed by atoms with van der Waals surface area (Å²) in [7, 11) is 0. The highest BCUT2D eigenvalue weighted by Crippen LogP contribution is 2.41. The first-order chi connectivity index (χ1) is 29.7. The third-order valence-electron chi connectivity index (χ3n) is 12.1. The fourth-order valence-corrected chi connectivity index (χ4v) is 9.02. The van der Waals surface area contributed by atoms with E-state index < -0.39 is 0 Å². The number of furan rings is 1. The number of rotatable bonds is 8. The minimum atomic E-state index is 0.0151. The van der Waals surface area contributed by atoms with Crippen LogP contribution >= 0.6 is 0 Å². The van der Waals surface area contributed by atoms with E-state index in [0.29, 0.717) is 0 Å². The Hall–Kier alpha value is -7.74. The molecular weight excluding hydrogens is 725 g/mol. The molecule has 0 aliphatic heterocycles. The zero-order valence-electron chi connectivity index (χ0n) is 33.0. The summed E-state index contributed by atoms with van der Waals surface area (Å²) >= 11 is 0. The number of para-hydroxylation sites is 1. The average Bonchev–Trinajstić information content (AvgIpc) is 3.71. The van der Waals surface area contributed by atoms with Crippen LogP contribution in [0.3, 0.4) is 0 Å². The predicted octanol–water partition coefficient (Wildman–Crippen LogP) is 16.3. The van der Waals surface area contributed by atoms with Gasteiger partial charge in [-0.05, 0) is 113 Å². The van der Waals surface area contributed by atoms with Crippen LogP contribution < -0.4 is 0 Å². The van der Waals surface area contributed by atoms with Gasteiger partial charge in [-0.1, -0.05) is 206 Å². The van der Waals surface area contributed by atoms with Crippen LogP contribution in [0.4, 0.5) is 0 Å². The molecule has 0 radical (unpaired) electrons. The van der Waals surface area contributed by atoms with Crippen molar-refractivity contribution in [1.82, 2.24) is 0 Å². The number of hydrogen-bond donors (Lipinski definition) is 0. The Bertz CT molecular complexity index is 3280. The summed E-state index contributed by atoms with van der Waals surface area (Å²) in [6, 6.07) is 85.9. The normalized spacial score (nSPS) is 11.9. The van der Waals surface area contributed by atoms with E-state index >= 15 is 0 Å². The molecule has 1 heterocycles. The van der Waals surface area contributed by atoms with E-state index in [1.807, 2.05) is 12.1 Å². The molecule has 0 aliphatic rings. The summed E-state index contributed by atoms with van der Waals surface area (Å²) in [6.07, 6.45) is 0. The molecular formula is C59H40O. The molecule has 0 aliphatic carbocycles. The standard InChI is InChI=1S/C59H40O/c1-3-13-40(14-4-1)46-17-11-18-47(37-46)41-25-29-44(30-26-41)59(55-35-34-51(43-15-5-2-6-16-43)52-21-7-8-22-53(52)55)45-31-27-42(28-32-45)48-19-12-20-49(38-48)50-33-36-58-56(39-50)54-23-9-10-24-57(54)60-58/h1-39,59H. The van der Waals surface area contributed by atoms with Gasteiger partial charge in [-0.15, -0.1) is 0 Å². The highest BCUT2D eigenvalue weighted by Gasteiger charge is 2.21. The van der Waals surface area contributed by atoms with Gasteiger partial charge in [0, 0.05) is 16.7 Å². The van der Waals surface area contributed by atoms with E-state index in [1.165, 1.54) is 83.1 Å². The van der Waals surface area contributed by atoms with Gasteiger partial charge in [0.1, 0.15) is 11.2 Å². The predicted molar refractivity (Wildman–Crippen MR) is 252 cm³/mol. The summed E-state index contributed by atoms with van der Waals surface area (Å²) < 4.78 is 6.13. The lowest BCUT2D eigenvalue weighted by atomic mass is 9.80. The fraction of sp³-hybridized carbons (Fsp3) is 0.0169. The lowest BCUT2D eigenvalue weighted by Gasteiger charge is -2.23. The first-order valence-corrected chi connectivity index (χ1v) is 20.7. The molecule has 1 atom stereocenters. The lowest BCUT2D eigenvalue weighted by Crippen LogP contribution is -2.05. The van der Waals surface area contributed by atoms with Gasteiger partial charge < -0.3 is 4.42 Å². The van der Waals surface area contributed by atoms with Crippen molar-refractivity contribution in [2.75, 3.05) is 0 Å². The lowest BCUT2D eigenvalue weighted by molar-refractivity contribution is 0.669. The van der Waals surface area contributed by atoms with Crippen LogP contribution in [0, 0.1) is 0 Å². The van der Waals surface area contributed by atoms with Gasteiger partial charge in [0.05, 0.1) is 0 Å². The first kappa shape index (κ1) is 35.4. The van der Waals surface area contributed by atoms with E-state index in [2.05, 4.69) is 224 Å². The average molecular weight is 765 g/mol. The smallest absolute Gasteiger partial charge is 0.135 e. The number of hydrogen-bond acceptors (Lipinski definition) is 1. The van der Waals surface area contributed by atoms with Crippen molar-refractivity contribution in [1.29, 1.82) is 0 Å². The van der Waals surface area contributed by atoms with Crippen molar-refractivity contribution >= 4 is 32.7 Å². The molecule has 60 heavy (non-hydrogen) atoms. The molecule has 0 saturated heterocycles. The first-order valence-electron chi connectivity index (χ1n) is 20.7. The molecule has 0 N–H and O–H groups in total. The van der Waals surface area contributed by atoms with Crippen LogP contribution in [0.15, 0.2) is 241 Å². The van der Waals surface area contributed by atoms with E-state index in [4.69, 9.17) is 4.42 Å². The molecule has 0 saturated carbocycles. The quantitative estimate of drug-likeness (QED) is 0.140. The second kappa shape index (κ2) is 15.2. The Morgan fingerprint density at radius 1 is 0.250 bits per heavy atom. The van der Waals surface area contributed by atoms with Crippen LogP contribution in [-0.4, -0.2) is 0 Å². The molecule has 1 unspecified atom stereocenters. The topological polar surface area (TPSA) is 13.1 Å². The molecule has 1 nitrogen and oxygen atoms in total. The Labute approximate surface area is 350 Å². The van der Waals surface area contributed by atoms with E-state index in [9.17, 15) is 0 Å². The Balaban J connectivity index is 0.984. The number of benzene rings is 10. The second-order valence-electron chi connectivity index (χ2n) is 15.6. The molecule has 10 aromatic carbocycles. The molecule has 1 aromatic heterocycles. The molecule has 0 spiro atoms. The van der Waals surface area contributed by atoms with E-state index in [1.54, 1.807) is 0 Å². The maximum atomic E-state index is 6.13. The van der Waals surface area contributed by atoms with Crippen LogP contribution in [0.2, 0.25) is 0 Å². The van der Waals surface area contributed by atoms with Gasteiger partial charge in [-0.2, -0.15) is 0 Å². The second-order valence-corrected chi connectivity index (χ2v) is 15.6. The third-order valence-corrected chi connectivity index (χ3v) is 12.1. The maximum absolute atomic E-state index is 6.13. The minimum Gasteiger partial charge on any atom is -0.456 e. The van der Waals surface area contributed by atoms with Gasteiger partial charge in [-0.3, -0.25) is 0 Å². The summed E-state index contributed by atoms with van der Waals surface area (Å²) in [5.41, 5.74) is 17.7. The van der Waals surface area contributed by atoms with Gasteiger partial charge in [0.25, 0.3) is 0 Å². The molecule has 0 fully saturated rings. The molecule has 1 heteroatoms. The van der Waals surface area contributed by atoms with Gasteiger partial charge in [0.2, 0.25) is 0 Å². The molecule has 0 amide bonds. The molecule has 282 valence electrons. The zero-order chi connectivity index (χ0) is 39.8. The van der Waals surface area contributed by atoms with E-state index in [-0.39, 0.29) is 5.92 Å². The SMILES string of the molecule is c1ccc(-c2cccc(-c3ccc(C(c4ccc(-c5cccc(-c6ccc7oc8ccccc8c7c6)c5)cc4)c4ccc(-c5ccccc5)c5ccccc45)cc3)c2)cc1. The van der Waals surface area contributed by atoms with Crippen molar-refractivity contribution in [2.24, 2.45) is 0 Å². The highest BCUT2D eigenvalue weighted by atomic mass is 16.3. The van der Waals surface area contributed by atoms with E-state index in [0.717, 1.165) is 21.9 Å². The van der Waals surface area contributed by atoms with Gasteiger partial charge in [0.15, 0.2) is 0 Å². The van der Waals surface area contributed by atoms with Crippen molar-refractivity contribution in [3.8, 4) is 55.6 Å². The molecule has 0 bridgehead atoms. The summed E-state index contributed by atoms with van der Waals surface area (Å²) in [4.78, 5) is 0. The van der Waals surface area contributed by atoms with Crippen LogP contribution in [-0.2, 0) is 0 Å². The minimum absolute atomic E-state index is 0.0151. The van der Waals surface area contributed by atoms with Gasteiger partial charge in [-0.25, -0.2) is 0 Å². The highest BCUT2D eigenvalue weighted by molar-refractivity contribution is 6.06. The summed E-state index contributed by atoms with van der Waals surface area (Å²) in [6.45, 7) is 0. The Kier molecular flexibility index (Phi) is 8.98. The third kappa shape index (κ3) is 6.57. The maximum Gasteiger partial charge on any atom is 0.135 e. The Morgan fingerprint density at radius 3 is 1.30 bits per heavy atom. The van der Waals surface area contributed by atoms with Crippen LogP contribution in [0.1, 0.15) is 22.6 Å². The number of fused-ring (bicyclic) bond motifs is 4. The molecule has 11 aromatic rings. The Morgan fingerprint density at radius 2 is 0.683 bits per heavy atom. The van der Waals surface area contributed by atoms with Crippen molar-refractivity contribution in [3.05, 3.63) is 253 Å². The zero-order valence-corrected chi connectivity index (χ0v) is 33.0. The summed E-state index contributed by atoms with van der Waals surface area (Å²) in [5, 5.41) is 4.81.